The number of thiophene rings is 1. The Bertz CT molecular complexity index is 479. The molecule has 2 N–H and O–H groups in total. The lowest BCUT2D eigenvalue weighted by atomic mass is 10.0. The van der Waals surface area contributed by atoms with Gasteiger partial charge in [0.2, 0.25) is 0 Å². The monoisotopic (exact) mass is 282 g/mol. The number of carbonyl (C=O) groups is 2. The van der Waals surface area contributed by atoms with Crippen LogP contribution in [0.15, 0.2) is 6.07 Å². The first kappa shape index (κ1) is 13.9. The molecule has 0 aromatic carbocycles. The number of amides is 1. The highest BCUT2D eigenvalue weighted by atomic mass is 32.1. The van der Waals surface area contributed by atoms with E-state index >= 15 is 0 Å². The molecule has 0 spiro atoms. The molecule has 5 nitrogen and oxygen atoms in total. The van der Waals surface area contributed by atoms with Crippen LogP contribution in [0.5, 0.6) is 0 Å². The number of methoxy groups -OCH3 is 1. The third kappa shape index (κ3) is 2.73. The number of hydrogen-bond acceptors (Lipinski definition) is 5. The highest BCUT2D eigenvalue weighted by molar-refractivity contribution is 7.14. The van der Waals surface area contributed by atoms with E-state index < -0.39 is 6.04 Å². The van der Waals surface area contributed by atoms with Gasteiger partial charge >= 0.3 is 5.97 Å². The summed E-state index contributed by atoms with van der Waals surface area (Å²) in [6, 6.07) is 1.22. The predicted molar refractivity (Wildman–Crippen MR) is 74.2 cm³/mol. The van der Waals surface area contributed by atoms with Crippen molar-refractivity contribution in [1.29, 1.82) is 0 Å². The fourth-order valence-corrected chi connectivity index (χ4v) is 3.20. The number of nitrogens with zero attached hydrogens (tertiary/aromatic N) is 1. The van der Waals surface area contributed by atoms with E-state index in [2.05, 4.69) is 0 Å². The van der Waals surface area contributed by atoms with Crippen LogP contribution < -0.4 is 5.73 Å². The van der Waals surface area contributed by atoms with Gasteiger partial charge in [0, 0.05) is 17.1 Å². The minimum absolute atomic E-state index is 0.125. The lowest BCUT2D eigenvalue weighted by Gasteiger charge is -2.33. The van der Waals surface area contributed by atoms with Gasteiger partial charge in [-0.3, -0.25) is 4.79 Å². The van der Waals surface area contributed by atoms with Crippen LogP contribution in [-0.2, 0) is 9.53 Å². The molecule has 1 aliphatic heterocycles. The lowest BCUT2D eigenvalue weighted by Crippen LogP contribution is -2.48. The first-order chi connectivity index (χ1) is 9.04. The van der Waals surface area contributed by atoms with Crippen molar-refractivity contribution in [3.8, 4) is 0 Å². The van der Waals surface area contributed by atoms with Gasteiger partial charge in [0.15, 0.2) is 0 Å². The summed E-state index contributed by atoms with van der Waals surface area (Å²) in [5, 5.41) is 0. The third-order valence-electron chi connectivity index (χ3n) is 3.40. The van der Waals surface area contributed by atoms with Gasteiger partial charge in [-0.2, -0.15) is 0 Å². The van der Waals surface area contributed by atoms with E-state index in [1.54, 1.807) is 11.0 Å². The van der Waals surface area contributed by atoms with Crippen molar-refractivity contribution in [2.45, 2.75) is 32.2 Å². The summed E-state index contributed by atoms with van der Waals surface area (Å²) in [5.74, 6) is -0.464. The number of anilines is 1. The summed E-state index contributed by atoms with van der Waals surface area (Å²) in [6.45, 7) is 2.47. The maximum absolute atomic E-state index is 12.5. The van der Waals surface area contributed by atoms with Crippen molar-refractivity contribution in [3.63, 3.8) is 0 Å². The summed E-state index contributed by atoms with van der Waals surface area (Å²) >= 11 is 1.37. The zero-order valence-corrected chi connectivity index (χ0v) is 12.0. The smallest absolute Gasteiger partial charge is 0.328 e. The summed E-state index contributed by atoms with van der Waals surface area (Å²) in [5.41, 5.74) is 6.40. The maximum Gasteiger partial charge on any atom is 0.328 e. The molecule has 1 atom stereocenters. The number of ether oxygens (including phenoxy) is 1. The number of likely N-dealkylation sites (tertiary alicyclic amines) is 1. The van der Waals surface area contributed by atoms with Gasteiger partial charge in [-0.25, -0.2) is 4.79 Å². The number of aryl methyl sites for hydroxylation is 1. The Morgan fingerprint density at radius 2 is 2.21 bits per heavy atom. The highest BCUT2D eigenvalue weighted by Gasteiger charge is 2.33. The van der Waals surface area contributed by atoms with Crippen molar-refractivity contribution in [2.24, 2.45) is 0 Å². The van der Waals surface area contributed by atoms with E-state index in [0.717, 1.165) is 17.7 Å². The lowest BCUT2D eigenvalue weighted by molar-refractivity contribution is -0.147. The van der Waals surface area contributed by atoms with Crippen LogP contribution in [0.1, 0.15) is 33.8 Å². The van der Waals surface area contributed by atoms with Crippen LogP contribution in [0.25, 0.3) is 0 Å². The quantitative estimate of drug-likeness (QED) is 0.840. The second-order valence-electron chi connectivity index (χ2n) is 4.66. The van der Waals surface area contributed by atoms with Gasteiger partial charge in [-0.15, -0.1) is 11.3 Å². The zero-order chi connectivity index (χ0) is 14.0. The van der Waals surface area contributed by atoms with E-state index in [4.69, 9.17) is 10.5 Å². The second kappa shape index (κ2) is 5.61. The number of esters is 1. The molecule has 2 heterocycles. The Morgan fingerprint density at radius 1 is 1.47 bits per heavy atom. The van der Waals surface area contributed by atoms with Crippen LogP contribution in [0.2, 0.25) is 0 Å². The maximum atomic E-state index is 12.5. The van der Waals surface area contributed by atoms with Crippen LogP contribution in [-0.4, -0.2) is 36.5 Å². The first-order valence-corrected chi connectivity index (χ1v) is 7.11. The van der Waals surface area contributed by atoms with Crippen LogP contribution in [0.3, 0.4) is 0 Å². The molecule has 1 unspecified atom stereocenters. The molecule has 104 valence electrons. The first-order valence-electron chi connectivity index (χ1n) is 6.29. The SMILES string of the molecule is COC(=O)C1CCCCN1C(=O)c1cc(N)c(C)s1. The van der Waals surface area contributed by atoms with Crippen LogP contribution >= 0.6 is 11.3 Å². The Hall–Kier alpha value is -1.56. The van der Waals surface area contributed by atoms with Crippen molar-refractivity contribution < 1.29 is 14.3 Å². The van der Waals surface area contributed by atoms with Gasteiger partial charge in [0.1, 0.15) is 6.04 Å². The van der Waals surface area contributed by atoms with Crippen molar-refractivity contribution in [1.82, 2.24) is 4.90 Å². The van der Waals surface area contributed by atoms with Gasteiger partial charge < -0.3 is 15.4 Å². The molecule has 2 rings (SSSR count). The van der Waals surface area contributed by atoms with Gasteiger partial charge in [0.05, 0.1) is 12.0 Å². The van der Waals surface area contributed by atoms with Gasteiger partial charge in [0.25, 0.3) is 5.91 Å². The van der Waals surface area contributed by atoms with Crippen molar-refractivity contribution >= 4 is 28.9 Å². The molecule has 1 fully saturated rings. The Labute approximate surface area is 116 Å². The molecule has 1 aromatic rings. The highest BCUT2D eigenvalue weighted by Crippen LogP contribution is 2.27. The Kier molecular flexibility index (Phi) is 4.09. The predicted octanol–water partition coefficient (Wildman–Crippen LogP) is 1.81. The molecular weight excluding hydrogens is 264 g/mol. The summed E-state index contributed by atoms with van der Waals surface area (Å²) in [7, 11) is 1.35. The van der Waals surface area contributed by atoms with Crippen molar-refractivity contribution in [3.05, 3.63) is 15.8 Å². The number of piperidine rings is 1. The molecular formula is C13H18N2O3S. The summed E-state index contributed by atoms with van der Waals surface area (Å²) in [6.07, 6.45) is 2.52. The average Bonchev–Trinajstić information content (AvgIpc) is 2.77. The standard InChI is InChI=1S/C13H18N2O3S/c1-8-9(14)7-11(19-8)12(16)15-6-4-3-5-10(15)13(17)18-2/h7,10H,3-6,14H2,1-2H3. The zero-order valence-electron chi connectivity index (χ0n) is 11.1. The molecule has 1 amide bonds. The van der Waals surface area contributed by atoms with Gasteiger partial charge in [-0.05, 0) is 32.3 Å². The topological polar surface area (TPSA) is 72.6 Å². The van der Waals surface area contributed by atoms with Crippen LogP contribution in [0, 0.1) is 6.92 Å². The number of rotatable bonds is 2. The summed E-state index contributed by atoms with van der Waals surface area (Å²) < 4.78 is 4.78. The molecule has 19 heavy (non-hydrogen) atoms. The molecule has 6 heteroatoms. The van der Waals surface area contributed by atoms with E-state index in [0.29, 0.717) is 23.5 Å². The van der Waals surface area contributed by atoms with E-state index in [1.807, 2.05) is 6.92 Å². The molecule has 0 bridgehead atoms. The normalized spacial score (nSPS) is 19.3. The second-order valence-corrected chi connectivity index (χ2v) is 5.91. The largest absolute Gasteiger partial charge is 0.467 e. The molecule has 0 radical (unpaired) electrons. The van der Waals surface area contributed by atoms with Crippen molar-refractivity contribution in [2.75, 3.05) is 19.4 Å². The minimum atomic E-state index is -0.463. The van der Waals surface area contributed by atoms with Crippen LogP contribution in [0.4, 0.5) is 5.69 Å². The average molecular weight is 282 g/mol. The fraction of sp³-hybridized carbons (Fsp3) is 0.538. The van der Waals surface area contributed by atoms with E-state index in [9.17, 15) is 9.59 Å². The molecule has 0 saturated carbocycles. The number of carbonyl (C=O) groups excluding carboxylic acids is 2. The molecule has 0 aliphatic carbocycles. The number of nitrogen functional groups attached to an aromatic ring is 1. The third-order valence-corrected chi connectivity index (χ3v) is 4.46. The molecule has 1 aliphatic rings. The Morgan fingerprint density at radius 3 is 2.79 bits per heavy atom. The summed E-state index contributed by atoms with van der Waals surface area (Å²) in [4.78, 5) is 27.3. The van der Waals surface area contributed by atoms with E-state index in [1.165, 1.54) is 18.4 Å². The van der Waals surface area contributed by atoms with E-state index in [-0.39, 0.29) is 11.9 Å². The molecule has 1 aromatic heterocycles. The Balaban J connectivity index is 2.22. The number of nitrogens with two attached hydrogens (primary N) is 1. The number of hydrogen-bond donors (Lipinski definition) is 1. The fourth-order valence-electron chi connectivity index (χ4n) is 2.30. The molecule has 1 saturated heterocycles. The minimum Gasteiger partial charge on any atom is -0.467 e. The van der Waals surface area contributed by atoms with Gasteiger partial charge in [-0.1, -0.05) is 0 Å².